The molecule has 0 aliphatic heterocycles. The highest BCUT2D eigenvalue weighted by molar-refractivity contribution is 6.12. The van der Waals surface area contributed by atoms with Crippen molar-refractivity contribution >= 4 is 28.9 Å². The number of nitro groups is 1. The van der Waals surface area contributed by atoms with Gasteiger partial charge in [0.1, 0.15) is 11.3 Å². The van der Waals surface area contributed by atoms with Crippen LogP contribution in [0.15, 0.2) is 36.7 Å². The summed E-state index contributed by atoms with van der Waals surface area (Å²) in [6.07, 6.45) is 2.85. The molecule has 1 aromatic carbocycles. The van der Waals surface area contributed by atoms with Gasteiger partial charge < -0.3 is 10.6 Å². The number of amides is 2. The highest BCUT2D eigenvalue weighted by atomic mass is 16.6. The number of carbonyl (C=O) groups is 2. The van der Waals surface area contributed by atoms with Gasteiger partial charge in [-0.2, -0.15) is 10.2 Å². The lowest BCUT2D eigenvalue weighted by molar-refractivity contribution is -0.385. The Morgan fingerprint density at radius 1 is 1.10 bits per heavy atom. The fourth-order valence-corrected chi connectivity index (χ4v) is 2.77. The second-order valence-electron chi connectivity index (χ2n) is 6.17. The molecule has 0 saturated carbocycles. The molecule has 0 fully saturated rings. The molecule has 2 amide bonds. The Kier molecular flexibility index (Phi) is 5.39. The Hall–Kier alpha value is -4.02. The third-order valence-electron chi connectivity index (χ3n) is 4.43. The smallest absolute Gasteiger partial charge is 0.282 e. The Morgan fingerprint density at radius 3 is 2.38 bits per heavy atom. The van der Waals surface area contributed by atoms with Gasteiger partial charge in [-0.25, -0.2) is 0 Å². The van der Waals surface area contributed by atoms with Crippen LogP contribution in [0, 0.1) is 17.0 Å². The average molecular weight is 397 g/mol. The van der Waals surface area contributed by atoms with E-state index in [1.54, 1.807) is 25.6 Å². The summed E-state index contributed by atoms with van der Waals surface area (Å²) in [4.78, 5) is 36.0. The molecular formula is C18H19N7O4. The largest absolute Gasteiger partial charge is 0.318 e. The minimum absolute atomic E-state index is 0.115. The van der Waals surface area contributed by atoms with Crippen LogP contribution >= 0.6 is 0 Å². The van der Waals surface area contributed by atoms with Crippen molar-refractivity contribution in [1.29, 1.82) is 0 Å². The van der Waals surface area contributed by atoms with Crippen molar-refractivity contribution in [3.05, 3.63) is 63.7 Å². The zero-order valence-electron chi connectivity index (χ0n) is 16.0. The quantitative estimate of drug-likeness (QED) is 0.484. The first-order valence-electron chi connectivity index (χ1n) is 8.74. The maximum absolute atomic E-state index is 12.9. The third-order valence-corrected chi connectivity index (χ3v) is 4.43. The average Bonchev–Trinajstić information content (AvgIpc) is 3.25. The van der Waals surface area contributed by atoms with Gasteiger partial charge in [-0.15, -0.1) is 0 Å². The number of aromatic nitrogens is 4. The summed E-state index contributed by atoms with van der Waals surface area (Å²) in [6.45, 7) is 3.99. The van der Waals surface area contributed by atoms with Crippen LogP contribution in [0.2, 0.25) is 0 Å². The number of hydrogen-bond donors (Lipinski definition) is 2. The molecule has 3 rings (SSSR count). The molecule has 0 spiro atoms. The van der Waals surface area contributed by atoms with Crippen molar-refractivity contribution in [3.8, 4) is 0 Å². The van der Waals surface area contributed by atoms with Crippen LogP contribution in [-0.4, -0.2) is 36.3 Å². The molecule has 29 heavy (non-hydrogen) atoms. The summed E-state index contributed by atoms with van der Waals surface area (Å²) in [5, 5.41) is 24.7. The van der Waals surface area contributed by atoms with Crippen LogP contribution in [0.3, 0.4) is 0 Å². The molecule has 0 atom stereocenters. The van der Waals surface area contributed by atoms with Crippen molar-refractivity contribution in [3.63, 3.8) is 0 Å². The zero-order valence-corrected chi connectivity index (χ0v) is 16.0. The van der Waals surface area contributed by atoms with Gasteiger partial charge in [0.05, 0.1) is 34.4 Å². The molecule has 0 radical (unpaired) electrons. The van der Waals surface area contributed by atoms with Crippen LogP contribution in [0.4, 0.5) is 17.1 Å². The molecule has 3 aromatic rings. The Labute approximate surface area is 165 Å². The Morgan fingerprint density at radius 2 is 1.76 bits per heavy atom. The molecule has 2 aromatic heterocycles. The number of anilines is 2. The monoisotopic (exact) mass is 397 g/mol. The molecule has 150 valence electrons. The number of para-hydroxylation sites is 1. The van der Waals surface area contributed by atoms with Gasteiger partial charge >= 0.3 is 0 Å². The van der Waals surface area contributed by atoms with Crippen molar-refractivity contribution in [1.82, 2.24) is 19.6 Å². The van der Waals surface area contributed by atoms with E-state index in [1.165, 1.54) is 41.3 Å². The Balaban J connectivity index is 1.91. The first-order valence-corrected chi connectivity index (χ1v) is 8.74. The SMILES string of the molecule is CCn1ncc(NC(=O)c2ccccc2[N+](=O)[O-])c1C(=O)Nc1cnn(C)c1C. The highest BCUT2D eigenvalue weighted by Crippen LogP contribution is 2.23. The van der Waals surface area contributed by atoms with Crippen molar-refractivity contribution < 1.29 is 14.5 Å². The second kappa shape index (κ2) is 7.92. The van der Waals surface area contributed by atoms with E-state index < -0.39 is 16.7 Å². The molecule has 0 saturated heterocycles. The van der Waals surface area contributed by atoms with E-state index in [0.717, 1.165) is 5.69 Å². The lowest BCUT2D eigenvalue weighted by Gasteiger charge is -2.10. The topological polar surface area (TPSA) is 137 Å². The first kappa shape index (κ1) is 19.7. The van der Waals surface area contributed by atoms with E-state index in [-0.39, 0.29) is 22.6 Å². The summed E-state index contributed by atoms with van der Waals surface area (Å²) in [5.41, 5.74) is 1.11. The predicted octanol–water partition coefficient (Wildman–Crippen LogP) is 2.36. The van der Waals surface area contributed by atoms with E-state index in [0.29, 0.717) is 12.2 Å². The van der Waals surface area contributed by atoms with Gasteiger partial charge in [0.15, 0.2) is 0 Å². The zero-order chi connectivity index (χ0) is 21.1. The maximum Gasteiger partial charge on any atom is 0.282 e. The number of benzene rings is 1. The standard InChI is InChI=1S/C18H19N7O4/c1-4-24-16(18(27)21-13-9-19-23(3)11(13)2)14(10-20-24)22-17(26)12-7-5-6-8-15(12)25(28)29/h5-10H,4H2,1-3H3,(H,21,27)(H,22,26). The molecule has 11 nitrogen and oxygen atoms in total. The predicted molar refractivity (Wildman–Crippen MR) is 105 cm³/mol. The minimum Gasteiger partial charge on any atom is -0.318 e. The van der Waals surface area contributed by atoms with E-state index in [9.17, 15) is 19.7 Å². The number of rotatable bonds is 6. The molecule has 0 unspecified atom stereocenters. The van der Waals surface area contributed by atoms with Gasteiger partial charge in [-0.1, -0.05) is 12.1 Å². The third kappa shape index (κ3) is 3.83. The van der Waals surface area contributed by atoms with Gasteiger partial charge in [0.25, 0.3) is 17.5 Å². The number of carbonyl (C=O) groups excluding carboxylic acids is 2. The normalized spacial score (nSPS) is 10.6. The highest BCUT2D eigenvalue weighted by Gasteiger charge is 2.24. The molecule has 11 heteroatoms. The van der Waals surface area contributed by atoms with E-state index >= 15 is 0 Å². The van der Waals surface area contributed by atoms with Crippen LogP contribution < -0.4 is 10.6 Å². The van der Waals surface area contributed by atoms with Crippen LogP contribution in [-0.2, 0) is 13.6 Å². The van der Waals surface area contributed by atoms with Gasteiger partial charge in [-0.05, 0) is 19.9 Å². The molecule has 0 aliphatic carbocycles. The Bertz CT molecular complexity index is 1100. The minimum atomic E-state index is -0.709. The van der Waals surface area contributed by atoms with Gasteiger partial charge in [0, 0.05) is 19.7 Å². The fourth-order valence-electron chi connectivity index (χ4n) is 2.77. The van der Waals surface area contributed by atoms with Crippen LogP contribution in [0.25, 0.3) is 0 Å². The number of hydrogen-bond acceptors (Lipinski definition) is 6. The summed E-state index contributed by atoms with van der Waals surface area (Å²) in [5.74, 6) is -1.20. The molecule has 2 heterocycles. The summed E-state index contributed by atoms with van der Waals surface area (Å²) in [7, 11) is 1.75. The lowest BCUT2D eigenvalue weighted by atomic mass is 10.1. The number of nitro benzene ring substituents is 1. The van der Waals surface area contributed by atoms with E-state index in [2.05, 4.69) is 20.8 Å². The van der Waals surface area contributed by atoms with Gasteiger partial charge in [-0.3, -0.25) is 29.1 Å². The number of nitrogens with one attached hydrogen (secondary N) is 2. The summed E-state index contributed by atoms with van der Waals surface area (Å²) in [6, 6.07) is 5.58. The molecule has 2 N–H and O–H groups in total. The van der Waals surface area contributed by atoms with Crippen LogP contribution in [0.1, 0.15) is 33.5 Å². The summed E-state index contributed by atoms with van der Waals surface area (Å²) < 4.78 is 3.04. The summed E-state index contributed by atoms with van der Waals surface area (Å²) >= 11 is 0. The van der Waals surface area contributed by atoms with Crippen molar-refractivity contribution in [2.45, 2.75) is 20.4 Å². The van der Waals surface area contributed by atoms with Crippen LogP contribution in [0.5, 0.6) is 0 Å². The van der Waals surface area contributed by atoms with Crippen molar-refractivity contribution in [2.24, 2.45) is 7.05 Å². The molecule has 0 aliphatic rings. The van der Waals surface area contributed by atoms with E-state index in [1.807, 2.05) is 0 Å². The molecular weight excluding hydrogens is 378 g/mol. The fraction of sp³-hybridized carbons (Fsp3) is 0.222. The first-order chi connectivity index (χ1) is 13.8. The molecule has 0 bridgehead atoms. The lowest BCUT2D eigenvalue weighted by Crippen LogP contribution is -2.21. The van der Waals surface area contributed by atoms with Gasteiger partial charge in [0.2, 0.25) is 0 Å². The number of nitrogens with zero attached hydrogens (tertiary/aromatic N) is 5. The second-order valence-corrected chi connectivity index (χ2v) is 6.17. The van der Waals surface area contributed by atoms with Crippen molar-refractivity contribution in [2.75, 3.05) is 10.6 Å². The number of aryl methyl sites for hydroxylation is 2. The maximum atomic E-state index is 12.9. The van der Waals surface area contributed by atoms with E-state index in [4.69, 9.17) is 0 Å².